The zero-order valence-corrected chi connectivity index (χ0v) is 15.6. The van der Waals surface area contributed by atoms with E-state index < -0.39 is 37.2 Å². The fraction of sp³-hybridized carbons (Fsp3) is 1.00. The van der Waals surface area contributed by atoms with Crippen LogP contribution in [0.5, 0.6) is 0 Å². The summed E-state index contributed by atoms with van der Waals surface area (Å²) in [5, 5.41) is 0. The monoisotopic (exact) mass is 344 g/mol. The van der Waals surface area contributed by atoms with Gasteiger partial charge in [-0.15, -0.1) is 0 Å². The van der Waals surface area contributed by atoms with Crippen molar-refractivity contribution < 1.29 is 25.2 Å². The van der Waals surface area contributed by atoms with E-state index in [4.69, 9.17) is 8.37 Å². The summed E-state index contributed by atoms with van der Waals surface area (Å²) < 4.78 is 56.7. The van der Waals surface area contributed by atoms with Crippen LogP contribution in [0.3, 0.4) is 0 Å². The molecule has 0 radical (unpaired) electrons. The van der Waals surface area contributed by atoms with Gasteiger partial charge in [-0.25, -0.2) is 0 Å². The van der Waals surface area contributed by atoms with E-state index >= 15 is 0 Å². The van der Waals surface area contributed by atoms with Gasteiger partial charge in [0.05, 0.1) is 24.2 Å². The molecule has 21 heavy (non-hydrogen) atoms. The molecule has 0 N–H and O–H groups in total. The van der Waals surface area contributed by atoms with Crippen molar-refractivity contribution in [1.29, 1.82) is 0 Å². The zero-order valence-electron chi connectivity index (χ0n) is 14.0. The fourth-order valence-electron chi connectivity index (χ4n) is 1.61. The van der Waals surface area contributed by atoms with Crippen LogP contribution in [0, 0.1) is 10.8 Å². The average Bonchev–Trinajstić information content (AvgIpc) is 2.05. The van der Waals surface area contributed by atoms with Gasteiger partial charge in [0.2, 0.25) is 0 Å². The van der Waals surface area contributed by atoms with E-state index in [-0.39, 0.29) is 18.1 Å². The van der Waals surface area contributed by atoms with Gasteiger partial charge < -0.3 is 0 Å². The summed E-state index contributed by atoms with van der Waals surface area (Å²) in [6.07, 6.45) is -0.855. The van der Waals surface area contributed by atoms with Crippen LogP contribution in [0.1, 0.15) is 48.5 Å². The molecule has 0 saturated carbocycles. The number of rotatable bonds is 7. The van der Waals surface area contributed by atoms with Gasteiger partial charge in [-0.2, -0.15) is 16.8 Å². The van der Waals surface area contributed by atoms with Crippen molar-refractivity contribution >= 4 is 20.2 Å². The molecule has 0 aliphatic carbocycles. The van der Waals surface area contributed by atoms with Crippen LogP contribution in [-0.2, 0) is 28.6 Å². The Morgan fingerprint density at radius 3 is 1.57 bits per heavy atom. The van der Waals surface area contributed by atoms with Crippen molar-refractivity contribution in [3.05, 3.63) is 0 Å². The lowest BCUT2D eigenvalue weighted by atomic mass is 10.0. The van der Waals surface area contributed by atoms with Crippen molar-refractivity contribution in [1.82, 2.24) is 0 Å². The summed E-state index contributed by atoms with van der Waals surface area (Å²) in [6.45, 7) is 11.8. The molecular weight excluding hydrogens is 316 g/mol. The van der Waals surface area contributed by atoms with Crippen molar-refractivity contribution in [2.24, 2.45) is 10.8 Å². The third-order valence-corrected chi connectivity index (χ3v) is 5.57. The van der Waals surface area contributed by atoms with Crippen LogP contribution >= 0.6 is 0 Å². The van der Waals surface area contributed by atoms with Crippen molar-refractivity contribution in [3.8, 4) is 0 Å². The molecular formula is C13H28O6S2. The summed E-state index contributed by atoms with van der Waals surface area (Å²) in [5.41, 5.74) is -0.862. The lowest BCUT2D eigenvalue weighted by molar-refractivity contribution is 0.149. The Hall–Kier alpha value is -0.180. The summed E-state index contributed by atoms with van der Waals surface area (Å²) >= 11 is 0. The first-order chi connectivity index (χ1) is 9.02. The minimum Gasteiger partial charge on any atom is -0.267 e. The molecule has 0 fully saturated rings. The highest BCUT2D eigenvalue weighted by molar-refractivity contribution is 7.87. The largest absolute Gasteiger partial charge is 0.268 e. The topological polar surface area (TPSA) is 86.7 Å². The van der Waals surface area contributed by atoms with Crippen molar-refractivity contribution in [2.75, 3.05) is 18.1 Å². The SMILES string of the molecule is CC(COS(=O)(=O)CC(C)(C)C)OS(=O)(=O)CC(C)(C)C. The Kier molecular flexibility index (Phi) is 6.87. The van der Waals surface area contributed by atoms with Gasteiger partial charge in [-0.1, -0.05) is 41.5 Å². The molecule has 0 aliphatic rings. The summed E-state index contributed by atoms with van der Waals surface area (Å²) in [4.78, 5) is 0. The van der Waals surface area contributed by atoms with E-state index in [9.17, 15) is 16.8 Å². The van der Waals surface area contributed by atoms with Gasteiger partial charge in [-0.3, -0.25) is 8.37 Å². The highest BCUT2D eigenvalue weighted by Gasteiger charge is 2.27. The molecule has 6 nitrogen and oxygen atoms in total. The first kappa shape index (κ1) is 20.8. The second kappa shape index (κ2) is 6.93. The lowest BCUT2D eigenvalue weighted by Crippen LogP contribution is -2.30. The molecule has 0 aromatic carbocycles. The van der Waals surface area contributed by atoms with Gasteiger partial charge in [0.25, 0.3) is 20.2 Å². The van der Waals surface area contributed by atoms with E-state index in [1.165, 1.54) is 6.92 Å². The highest BCUT2D eigenvalue weighted by atomic mass is 32.2. The lowest BCUT2D eigenvalue weighted by Gasteiger charge is -2.21. The third kappa shape index (κ3) is 12.1. The van der Waals surface area contributed by atoms with E-state index in [2.05, 4.69) is 0 Å². The summed E-state index contributed by atoms with van der Waals surface area (Å²) in [7, 11) is -7.42. The average molecular weight is 344 g/mol. The molecule has 0 bridgehead atoms. The molecule has 0 heterocycles. The predicted octanol–water partition coefficient (Wildman–Crippen LogP) is 2.16. The first-order valence-electron chi connectivity index (χ1n) is 6.79. The van der Waals surface area contributed by atoms with Crippen LogP contribution in [0.4, 0.5) is 0 Å². The zero-order chi connectivity index (χ0) is 17.1. The van der Waals surface area contributed by atoms with Crippen LogP contribution in [0.15, 0.2) is 0 Å². The second-order valence-corrected chi connectivity index (χ2v) is 11.0. The Labute approximate surface area is 129 Å². The Balaban J connectivity index is 4.50. The quantitative estimate of drug-likeness (QED) is 0.658. The third-order valence-electron chi connectivity index (χ3n) is 2.01. The maximum atomic E-state index is 11.8. The molecule has 128 valence electrons. The van der Waals surface area contributed by atoms with Gasteiger partial charge in [0.15, 0.2) is 0 Å². The van der Waals surface area contributed by atoms with Gasteiger partial charge in [0.1, 0.15) is 0 Å². The van der Waals surface area contributed by atoms with E-state index in [1.54, 1.807) is 41.5 Å². The molecule has 8 heteroatoms. The van der Waals surface area contributed by atoms with Gasteiger partial charge in [-0.05, 0) is 17.8 Å². The molecule has 0 spiro atoms. The Morgan fingerprint density at radius 2 is 1.19 bits per heavy atom. The molecule has 0 rings (SSSR count). The van der Waals surface area contributed by atoms with Crippen LogP contribution in [0.25, 0.3) is 0 Å². The van der Waals surface area contributed by atoms with Gasteiger partial charge in [0, 0.05) is 0 Å². The molecule has 0 saturated heterocycles. The van der Waals surface area contributed by atoms with Crippen molar-refractivity contribution in [2.45, 2.75) is 54.6 Å². The normalized spacial score (nSPS) is 16.0. The summed E-state index contributed by atoms with van der Waals surface area (Å²) in [6, 6.07) is 0. The summed E-state index contributed by atoms with van der Waals surface area (Å²) in [5.74, 6) is -0.277. The molecule has 0 amide bonds. The Morgan fingerprint density at radius 1 is 0.810 bits per heavy atom. The molecule has 0 aromatic rings. The van der Waals surface area contributed by atoms with E-state index in [1.807, 2.05) is 0 Å². The van der Waals surface area contributed by atoms with Crippen LogP contribution < -0.4 is 0 Å². The van der Waals surface area contributed by atoms with E-state index in [0.717, 1.165) is 0 Å². The highest BCUT2D eigenvalue weighted by Crippen LogP contribution is 2.19. The fourth-order valence-corrected chi connectivity index (χ4v) is 4.84. The van der Waals surface area contributed by atoms with Crippen LogP contribution in [-0.4, -0.2) is 41.1 Å². The standard InChI is InChI=1S/C13H28O6S2/c1-11(19-21(16,17)10-13(5,6)7)8-18-20(14,15)9-12(2,3)4/h11H,8-10H2,1-7H3. The second-order valence-electron chi connectivity index (χ2n) is 7.72. The maximum absolute atomic E-state index is 11.8. The first-order valence-corrected chi connectivity index (χ1v) is 9.95. The van der Waals surface area contributed by atoms with E-state index in [0.29, 0.717) is 0 Å². The number of hydrogen-bond donors (Lipinski definition) is 0. The van der Waals surface area contributed by atoms with Gasteiger partial charge >= 0.3 is 0 Å². The minimum atomic E-state index is -3.72. The molecule has 0 aliphatic heterocycles. The Bertz CT molecular complexity index is 520. The molecule has 0 aromatic heterocycles. The van der Waals surface area contributed by atoms with Crippen molar-refractivity contribution in [3.63, 3.8) is 0 Å². The molecule has 1 unspecified atom stereocenters. The predicted molar refractivity (Wildman–Crippen MR) is 83.0 cm³/mol. The smallest absolute Gasteiger partial charge is 0.267 e. The number of hydrogen-bond acceptors (Lipinski definition) is 6. The molecule has 1 atom stereocenters. The maximum Gasteiger partial charge on any atom is 0.268 e. The van der Waals surface area contributed by atoms with Crippen LogP contribution in [0.2, 0.25) is 0 Å². The minimum absolute atomic E-state index is 0.137.